The number of nitrogens with zero attached hydrogens (tertiary/aromatic N) is 4. The Morgan fingerprint density at radius 3 is 2.59 bits per heavy atom. The summed E-state index contributed by atoms with van der Waals surface area (Å²) in [5, 5.41) is 12.1. The zero-order chi connectivity index (χ0) is 19.4. The lowest BCUT2D eigenvalue weighted by Crippen LogP contribution is -2.33. The average molecular weight is 402 g/mol. The molecule has 1 heterocycles. The molecule has 27 heavy (non-hydrogen) atoms. The van der Waals surface area contributed by atoms with Crippen molar-refractivity contribution in [2.45, 2.75) is 0 Å². The molecule has 0 aromatic heterocycles. The normalized spacial score (nSPS) is 15.1. The molecular formula is C18H13Cl2N5O2. The van der Waals surface area contributed by atoms with E-state index in [0.717, 1.165) is 0 Å². The van der Waals surface area contributed by atoms with Gasteiger partial charge in [-0.1, -0.05) is 41.4 Å². The van der Waals surface area contributed by atoms with Gasteiger partial charge >= 0.3 is 12.1 Å². The maximum absolute atomic E-state index is 12.6. The summed E-state index contributed by atoms with van der Waals surface area (Å²) in [6.45, 7) is -0.0499. The SMILES string of the molecule is N#CCN1C/C(=N\C(=O)Nc2ccc(Cl)c(Cl)c2)N(c2ccccc2)C1=O. The van der Waals surface area contributed by atoms with Crippen LogP contribution in [0.15, 0.2) is 53.5 Å². The van der Waals surface area contributed by atoms with Crippen LogP contribution in [0.25, 0.3) is 0 Å². The van der Waals surface area contributed by atoms with Crippen LogP contribution in [-0.4, -0.2) is 35.9 Å². The van der Waals surface area contributed by atoms with Crippen molar-refractivity contribution in [3.8, 4) is 6.07 Å². The number of carbonyl (C=O) groups is 2. The Morgan fingerprint density at radius 2 is 1.93 bits per heavy atom. The molecule has 0 spiro atoms. The topological polar surface area (TPSA) is 88.8 Å². The van der Waals surface area contributed by atoms with E-state index in [1.807, 2.05) is 12.1 Å². The Balaban J connectivity index is 1.86. The van der Waals surface area contributed by atoms with E-state index in [9.17, 15) is 9.59 Å². The predicted octanol–water partition coefficient (Wildman–Crippen LogP) is 4.39. The van der Waals surface area contributed by atoms with Gasteiger partial charge in [0.2, 0.25) is 0 Å². The standard InChI is InChI=1S/C18H13Cl2N5O2/c19-14-7-6-12(10-15(14)20)22-17(26)23-16-11-24(9-8-21)18(27)25(16)13-4-2-1-3-5-13/h1-7,10H,9,11H2,(H,22,26)/b23-16+. The van der Waals surface area contributed by atoms with Crippen LogP contribution in [0.4, 0.5) is 21.0 Å². The van der Waals surface area contributed by atoms with E-state index in [2.05, 4.69) is 10.3 Å². The van der Waals surface area contributed by atoms with Gasteiger partial charge in [0.1, 0.15) is 12.4 Å². The Morgan fingerprint density at radius 1 is 1.19 bits per heavy atom. The van der Waals surface area contributed by atoms with Crippen LogP contribution in [0.5, 0.6) is 0 Å². The minimum Gasteiger partial charge on any atom is -0.306 e. The van der Waals surface area contributed by atoms with Crippen LogP contribution >= 0.6 is 23.2 Å². The maximum Gasteiger partial charge on any atom is 0.347 e. The lowest BCUT2D eigenvalue weighted by atomic mass is 10.3. The van der Waals surface area contributed by atoms with Crippen LogP contribution in [0.3, 0.4) is 0 Å². The van der Waals surface area contributed by atoms with Crippen molar-refractivity contribution in [2.24, 2.45) is 4.99 Å². The molecule has 0 aliphatic carbocycles. The van der Waals surface area contributed by atoms with Gasteiger partial charge in [0.05, 0.1) is 28.3 Å². The summed E-state index contributed by atoms with van der Waals surface area (Å²) >= 11 is 11.8. The van der Waals surface area contributed by atoms with Gasteiger partial charge in [0, 0.05) is 5.69 Å². The Hall–Kier alpha value is -3.08. The van der Waals surface area contributed by atoms with E-state index in [1.54, 1.807) is 36.4 Å². The largest absolute Gasteiger partial charge is 0.347 e. The summed E-state index contributed by atoms with van der Waals surface area (Å²) in [5.41, 5.74) is 0.979. The third-order valence-electron chi connectivity index (χ3n) is 3.73. The molecule has 2 aromatic rings. The first kappa shape index (κ1) is 18.7. The van der Waals surface area contributed by atoms with Crippen LogP contribution in [0.1, 0.15) is 0 Å². The van der Waals surface area contributed by atoms with E-state index < -0.39 is 12.1 Å². The number of anilines is 2. The fraction of sp³-hybridized carbons (Fsp3) is 0.111. The van der Waals surface area contributed by atoms with Crippen LogP contribution in [0, 0.1) is 11.3 Å². The molecule has 1 N–H and O–H groups in total. The molecule has 0 bridgehead atoms. The molecule has 9 heteroatoms. The number of carbonyl (C=O) groups excluding carboxylic acids is 2. The summed E-state index contributed by atoms with van der Waals surface area (Å²) < 4.78 is 0. The molecule has 0 unspecified atom stereocenters. The average Bonchev–Trinajstić information content (AvgIpc) is 2.94. The van der Waals surface area contributed by atoms with Gasteiger partial charge in [0.25, 0.3) is 0 Å². The summed E-state index contributed by atoms with van der Waals surface area (Å²) in [6.07, 6.45) is 0. The molecule has 136 valence electrons. The number of aliphatic imine (C=N–C) groups is 1. The minimum atomic E-state index is -0.670. The summed E-state index contributed by atoms with van der Waals surface area (Å²) in [6, 6.07) is 14.3. The molecule has 3 rings (SSSR count). The molecule has 0 radical (unpaired) electrons. The van der Waals surface area contributed by atoms with Gasteiger partial charge in [-0.25, -0.2) is 14.5 Å². The summed E-state index contributed by atoms with van der Waals surface area (Å²) in [5.74, 6) is 0.221. The first-order valence-electron chi connectivity index (χ1n) is 7.84. The van der Waals surface area contributed by atoms with Crippen molar-refractivity contribution in [3.05, 3.63) is 58.6 Å². The number of amidine groups is 1. The number of hydrogen-bond donors (Lipinski definition) is 1. The third kappa shape index (κ3) is 4.19. The zero-order valence-corrected chi connectivity index (χ0v) is 15.4. The highest BCUT2D eigenvalue weighted by atomic mass is 35.5. The van der Waals surface area contributed by atoms with Gasteiger partial charge in [-0.2, -0.15) is 10.3 Å². The lowest BCUT2D eigenvalue weighted by Gasteiger charge is -2.16. The van der Waals surface area contributed by atoms with E-state index in [0.29, 0.717) is 21.4 Å². The highest BCUT2D eigenvalue weighted by Crippen LogP contribution is 2.25. The summed E-state index contributed by atoms with van der Waals surface area (Å²) in [7, 11) is 0. The number of urea groups is 2. The van der Waals surface area contributed by atoms with Gasteiger partial charge in [-0.05, 0) is 30.3 Å². The fourth-order valence-electron chi connectivity index (χ4n) is 2.53. The van der Waals surface area contributed by atoms with Gasteiger partial charge in [0.15, 0.2) is 0 Å². The smallest absolute Gasteiger partial charge is 0.306 e. The van der Waals surface area contributed by atoms with E-state index in [4.69, 9.17) is 28.5 Å². The molecule has 1 aliphatic heterocycles. The van der Waals surface area contributed by atoms with Crippen LogP contribution in [0.2, 0.25) is 10.0 Å². The van der Waals surface area contributed by atoms with E-state index in [-0.39, 0.29) is 18.9 Å². The second kappa shape index (κ2) is 8.08. The minimum absolute atomic E-state index is 0.0517. The zero-order valence-electron chi connectivity index (χ0n) is 13.9. The number of benzene rings is 2. The van der Waals surface area contributed by atoms with Crippen LogP contribution in [-0.2, 0) is 0 Å². The van der Waals surface area contributed by atoms with Crippen LogP contribution < -0.4 is 10.2 Å². The summed E-state index contributed by atoms with van der Waals surface area (Å²) in [4.78, 5) is 31.5. The molecule has 1 fully saturated rings. The van der Waals surface area contributed by atoms with Gasteiger partial charge < -0.3 is 10.2 Å². The number of nitrogens with one attached hydrogen (secondary N) is 1. The maximum atomic E-state index is 12.6. The van der Waals surface area contributed by atoms with Crippen molar-refractivity contribution in [1.29, 1.82) is 5.26 Å². The number of nitriles is 1. The number of amides is 4. The Kier molecular flexibility index (Phi) is 5.60. The van der Waals surface area contributed by atoms with Gasteiger partial charge in [-0.15, -0.1) is 0 Å². The van der Waals surface area contributed by atoms with Gasteiger partial charge in [-0.3, -0.25) is 0 Å². The highest BCUT2D eigenvalue weighted by Gasteiger charge is 2.35. The molecule has 1 aliphatic rings. The second-order valence-electron chi connectivity index (χ2n) is 5.55. The fourth-order valence-corrected chi connectivity index (χ4v) is 2.83. The number of halogens is 2. The highest BCUT2D eigenvalue weighted by molar-refractivity contribution is 6.42. The first-order chi connectivity index (χ1) is 13.0. The predicted molar refractivity (Wildman–Crippen MR) is 104 cm³/mol. The molecule has 0 saturated carbocycles. The molecular weight excluding hydrogens is 389 g/mol. The van der Waals surface area contributed by atoms with Crippen molar-refractivity contribution in [2.75, 3.05) is 23.3 Å². The monoisotopic (exact) mass is 401 g/mol. The molecule has 7 nitrogen and oxygen atoms in total. The van der Waals surface area contributed by atoms with Crippen molar-refractivity contribution >= 4 is 52.5 Å². The second-order valence-corrected chi connectivity index (χ2v) is 6.37. The van der Waals surface area contributed by atoms with Crippen molar-refractivity contribution in [3.63, 3.8) is 0 Å². The van der Waals surface area contributed by atoms with E-state index in [1.165, 1.54) is 15.9 Å². The number of para-hydroxylation sites is 1. The van der Waals surface area contributed by atoms with Crippen molar-refractivity contribution < 1.29 is 9.59 Å². The molecule has 0 atom stereocenters. The van der Waals surface area contributed by atoms with E-state index >= 15 is 0 Å². The lowest BCUT2D eigenvalue weighted by molar-refractivity contribution is 0.225. The van der Waals surface area contributed by atoms with Crippen molar-refractivity contribution in [1.82, 2.24) is 4.90 Å². The Bertz CT molecular complexity index is 956. The number of hydrogen-bond acceptors (Lipinski definition) is 3. The first-order valence-corrected chi connectivity index (χ1v) is 8.60. The molecule has 2 aromatic carbocycles. The molecule has 1 saturated heterocycles. The third-order valence-corrected chi connectivity index (χ3v) is 4.47. The Labute approximate surface area is 165 Å². The number of rotatable bonds is 3. The quantitative estimate of drug-likeness (QED) is 0.773. The molecule has 4 amide bonds.